The number of carbonyl (C=O) groups is 1. The smallest absolute Gasteiger partial charge is 0.276 e. The van der Waals surface area contributed by atoms with Gasteiger partial charge in [0, 0.05) is 31.1 Å². The first-order valence-electron chi connectivity index (χ1n) is 6.49. The summed E-state index contributed by atoms with van der Waals surface area (Å²) >= 11 is 3.67. The van der Waals surface area contributed by atoms with Crippen LogP contribution in [0.25, 0.3) is 0 Å². The van der Waals surface area contributed by atoms with Gasteiger partial charge in [-0.05, 0) is 12.8 Å². The number of methoxy groups -OCH3 is 1. The molecule has 2 atom stereocenters. The number of rotatable bonds is 4. The second-order valence-electron chi connectivity index (χ2n) is 4.90. The molecule has 1 aliphatic carbocycles. The fourth-order valence-corrected chi connectivity index (χ4v) is 3.40. The topological polar surface area (TPSA) is 55.6 Å². The molecule has 5 nitrogen and oxygen atoms in total. The lowest BCUT2D eigenvalue weighted by molar-refractivity contribution is 0.0693. The van der Waals surface area contributed by atoms with E-state index in [4.69, 9.17) is 9.26 Å². The average molecular weight is 331 g/mol. The Morgan fingerprint density at radius 3 is 3.00 bits per heavy atom. The Kier molecular flexibility index (Phi) is 4.99. The van der Waals surface area contributed by atoms with E-state index in [1.54, 1.807) is 18.1 Å². The van der Waals surface area contributed by atoms with Gasteiger partial charge in [-0.15, -0.1) is 0 Å². The van der Waals surface area contributed by atoms with Gasteiger partial charge in [-0.25, -0.2) is 0 Å². The standard InChI is InChI=1S/C13H19BrN2O3/c1-16(12-6-4-3-5-10(12)14)13(17)11-7-9(8-18-2)19-15-11/h7,10,12H,3-6,8H2,1-2H3. The normalized spacial score (nSPS) is 23.3. The van der Waals surface area contributed by atoms with E-state index in [0.29, 0.717) is 22.9 Å². The molecule has 0 spiro atoms. The lowest BCUT2D eigenvalue weighted by Crippen LogP contribution is -2.44. The van der Waals surface area contributed by atoms with Crippen LogP contribution in [0.5, 0.6) is 0 Å². The van der Waals surface area contributed by atoms with Crippen LogP contribution in [0.1, 0.15) is 41.9 Å². The van der Waals surface area contributed by atoms with Gasteiger partial charge in [-0.2, -0.15) is 0 Å². The Morgan fingerprint density at radius 1 is 1.58 bits per heavy atom. The third-order valence-corrected chi connectivity index (χ3v) is 4.60. The lowest BCUT2D eigenvalue weighted by Gasteiger charge is -2.34. The van der Waals surface area contributed by atoms with Gasteiger partial charge in [0.15, 0.2) is 11.5 Å². The Hall–Kier alpha value is -0.880. The highest BCUT2D eigenvalue weighted by Gasteiger charge is 2.30. The second kappa shape index (κ2) is 6.52. The number of amides is 1. The maximum atomic E-state index is 12.3. The van der Waals surface area contributed by atoms with E-state index in [0.717, 1.165) is 19.3 Å². The summed E-state index contributed by atoms with van der Waals surface area (Å²) in [5.74, 6) is 0.473. The van der Waals surface area contributed by atoms with Crippen LogP contribution in [0.4, 0.5) is 0 Å². The summed E-state index contributed by atoms with van der Waals surface area (Å²) in [6.45, 7) is 0.328. The molecule has 1 heterocycles. The predicted molar refractivity (Wildman–Crippen MR) is 74.3 cm³/mol. The van der Waals surface area contributed by atoms with Crippen molar-refractivity contribution in [3.8, 4) is 0 Å². The van der Waals surface area contributed by atoms with Crippen LogP contribution in [0.2, 0.25) is 0 Å². The fourth-order valence-electron chi connectivity index (χ4n) is 2.46. The van der Waals surface area contributed by atoms with Gasteiger partial charge in [0.25, 0.3) is 5.91 Å². The number of ether oxygens (including phenoxy) is 1. The van der Waals surface area contributed by atoms with Crippen molar-refractivity contribution >= 4 is 21.8 Å². The number of hydrogen-bond acceptors (Lipinski definition) is 4. The highest BCUT2D eigenvalue weighted by molar-refractivity contribution is 9.09. The quantitative estimate of drug-likeness (QED) is 0.796. The zero-order chi connectivity index (χ0) is 13.8. The summed E-state index contributed by atoms with van der Waals surface area (Å²) in [6.07, 6.45) is 4.52. The molecule has 106 valence electrons. The molecule has 0 N–H and O–H groups in total. The molecule has 1 amide bonds. The molecule has 0 radical (unpaired) electrons. The fraction of sp³-hybridized carbons (Fsp3) is 0.692. The van der Waals surface area contributed by atoms with Crippen LogP contribution in [-0.4, -0.2) is 41.0 Å². The van der Waals surface area contributed by atoms with Gasteiger partial charge in [0.2, 0.25) is 0 Å². The van der Waals surface area contributed by atoms with Crippen molar-refractivity contribution in [2.45, 2.75) is 43.2 Å². The van der Waals surface area contributed by atoms with Gasteiger partial charge in [0.05, 0.1) is 0 Å². The Labute approximate surface area is 121 Å². The van der Waals surface area contributed by atoms with Crippen molar-refractivity contribution in [2.75, 3.05) is 14.2 Å². The minimum absolute atomic E-state index is 0.0950. The summed E-state index contributed by atoms with van der Waals surface area (Å²) in [4.78, 5) is 14.5. The Morgan fingerprint density at radius 2 is 2.32 bits per heavy atom. The van der Waals surface area contributed by atoms with E-state index >= 15 is 0 Å². The molecule has 1 aromatic heterocycles. The second-order valence-corrected chi connectivity index (χ2v) is 6.07. The van der Waals surface area contributed by atoms with E-state index in [2.05, 4.69) is 21.1 Å². The van der Waals surface area contributed by atoms with Gasteiger partial charge in [-0.1, -0.05) is 33.9 Å². The van der Waals surface area contributed by atoms with Crippen LogP contribution in [0, 0.1) is 0 Å². The number of alkyl halides is 1. The van der Waals surface area contributed by atoms with Crippen LogP contribution >= 0.6 is 15.9 Å². The van der Waals surface area contributed by atoms with E-state index in [-0.39, 0.29) is 11.9 Å². The Balaban J connectivity index is 2.04. The summed E-state index contributed by atoms with van der Waals surface area (Å²) in [5, 5.41) is 3.81. The molecule has 19 heavy (non-hydrogen) atoms. The maximum Gasteiger partial charge on any atom is 0.276 e. The van der Waals surface area contributed by atoms with Gasteiger partial charge in [0.1, 0.15) is 6.61 Å². The van der Waals surface area contributed by atoms with Crippen molar-refractivity contribution < 1.29 is 14.1 Å². The molecule has 2 unspecified atom stereocenters. The van der Waals surface area contributed by atoms with Crippen LogP contribution in [0.3, 0.4) is 0 Å². The van der Waals surface area contributed by atoms with E-state index < -0.39 is 0 Å². The number of hydrogen-bond donors (Lipinski definition) is 0. The van der Waals surface area contributed by atoms with Crippen molar-refractivity contribution in [3.63, 3.8) is 0 Å². The van der Waals surface area contributed by atoms with E-state index in [1.807, 2.05) is 7.05 Å². The lowest BCUT2D eigenvalue weighted by atomic mass is 9.94. The molecule has 0 aliphatic heterocycles. The SMILES string of the molecule is COCc1cc(C(=O)N(C)C2CCCCC2Br)no1. The zero-order valence-corrected chi connectivity index (χ0v) is 12.9. The first kappa shape index (κ1) is 14.5. The molecule has 1 aromatic rings. The molecule has 0 saturated heterocycles. The minimum atomic E-state index is -0.0950. The van der Waals surface area contributed by atoms with E-state index in [1.165, 1.54) is 6.42 Å². The van der Waals surface area contributed by atoms with E-state index in [9.17, 15) is 4.79 Å². The van der Waals surface area contributed by atoms with Crippen molar-refractivity contribution in [2.24, 2.45) is 0 Å². The van der Waals surface area contributed by atoms with Crippen LogP contribution in [-0.2, 0) is 11.3 Å². The predicted octanol–water partition coefficient (Wildman–Crippen LogP) is 2.60. The molecular weight excluding hydrogens is 312 g/mol. The van der Waals surface area contributed by atoms with Crippen molar-refractivity contribution in [1.82, 2.24) is 10.1 Å². The monoisotopic (exact) mass is 330 g/mol. The third kappa shape index (κ3) is 3.36. The van der Waals surface area contributed by atoms with Gasteiger partial charge < -0.3 is 14.2 Å². The van der Waals surface area contributed by atoms with Crippen molar-refractivity contribution in [3.05, 3.63) is 17.5 Å². The summed E-state index contributed by atoms with van der Waals surface area (Å²) in [6, 6.07) is 1.87. The van der Waals surface area contributed by atoms with Crippen LogP contribution < -0.4 is 0 Å². The molecule has 6 heteroatoms. The summed E-state index contributed by atoms with van der Waals surface area (Å²) < 4.78 is 10.0. The Bertz CT molecular complexity index is 435. The molecule has 2 rings (SSSR count). The molecule has 0 bridgehead atoms. The largest absolute Gasteiger partial charge is 0.377 e. The average Bonchev–Trinajstić information content (AvgIpc) is 2.87. The molecule has 1 saturated carbocycles. The number of halogens is 1. The summed E-state index contributed by atoms with van der Waals surface area (Å²) in [7, 11) is 3.41. The van der Waals surface area contributed by atoms with Gasteiger partial charge in [-0.3, -0.25) is 4.79 Å². The molecular formula is C13H19BrN2O3. The maximum absolute atomic E-state index is 12.3. The highest BCUT2D eigenvalue weighted by Crippen LogP contribution is 2.28. The first-order valence-corrected chi connectivity index (χ1v) is 7.40. The number of aromatic nitrogens is 1. The molecule has 1 aliphatic rings. The first-order chi connectivity index (χ1) is 9.13. The molecule has 1 fully saturated rings. The van der Waals surface area contributed by atoms with Crippen LogP contribution in [0.15, 0.2) is 10.6 Å². The highest BCUT2D eigenvalue weighted by atomic mass is 79.9. The number of carbonyl (C=O) groups excluding carboxylic acids is 1. The van der Waals surface area contributed by atoms with Crippen molar-refractivity contribution in [1.29, 1.82) is 0 Å². The number of nitrogens with zero attached hydrogens (tertiary/aromatic N) is 2. The molecule has 0 aromatic carbocycles. The minimum Gasteiger partial charge on any atom is -0.377 e. The zero-order valence-electron chi connectivity index (χ0n) is 11.3. The third-order valence-electron chi connectivity index (χ3n) is 3.53. The summed E-state index contributed by atoms with van der Waals surface area (Å²) in [5.41, 5.74) is 0.347. The van der Waals surface area contributed by atoms with Gasteiger partial charge >= 0.3 is 0 Å².